The lowest BCUT2D eigenvalue weighted by Gasteiger charge is -2.38. The van der Waals surface area contributed by atoms with Crippen LogP contribution in [0.2, 0.25) is 10.0 Å². The number of nitrogens with zero attached hydrogens (tertiary/aromatic N) is 1. The van der Waals surface area contributed by atoms with Crippen molar-refractivity contribution in [1.82, 2.24) is 5.32 Å². The van der Waals surface area contributed by atoms with Crippen LogP contribution >= 0.6 is 35.4 Å². The first-order valence-corrected chi connectivity index (χ1v) is 9.92. The van der Waals surface area contributed by atoms with Crippen molar-refractivity contribution in [2.45, 2.75) is 26.3 Å². The highest BCUT2D eigenvalue weighted by Crippen LogP contribution is 2.27. The first-order chi connectivity index (χ1) is 13.2. The van der Waals surface area contributed by atoms with Crippen LogP contribution in [0.3, 0.4) is 0 Å². The number of rotatable bonds is 4. The summed E-state index contributed by atoms with van der Waals surface area (Å²) in [6.45, 7) is 6.13. The minimum absolute atomic E-state index is 0.120. The van der Waals surface area contributed by atoms with E-state index >= 15 is 0 Å². The molecule has 0 aromatic heterocycles. The second-order valence-corrected chi connectivity index (χ2v) is 8.42. The molecule has 3 nitrogen and oxygen atoms in total. The average molecular weight is 431 g/mol. The number of allylic oxidation sites excluding steroid dienone is 2. The predicted octanol–water partition coefficient (Wildman–Crippen LogP) is 6.27. The van der Waals surface area contributed by atoms with Gasteiger partial charge in [0.15, 0.2) is 10.9 Å². The Morgan fingerprint density at radius 1 is 1.18 bits per heavy atom. The van der Waals surface area contributed by atoms with Crippen LogP contribution in [-0.2, 0) is 0 Å². The number of halogens is 2. The molecule has 0 saturated carbocycles. The molecule has 6 heteroatoms. The molecule has 1 N–H and O–H groups in total. The maximum absolute atomic E-state index is 12.7. The van der Waals surface area contributed by atoms with Gasteiger partial charge in [0.25, 0.3) is 0 Å². The van der Waals surface area contributed by atoms with Gasteiger partial charge in [0.05, 0.1) is 5.54 Å². The summed E-state index contributed by atoms with van der Waals surface area (Å²) in [6, 6.07) is 12.6. The van der Waals surface area contributed by atoms with Gasteiger partial charge in [-0.15, -0.1) is 0 Å². The molecule has 1 aliphatic rings. The third-order valence-electron chi connectivity index (χ3n) is 4.32. The van der Waals surface area contributed by atoms with Gasteiger partial charge in [0, 0.05) is 27.0 Å². The third-order valence-corrected chi connectivity index (χ3v) is 5.17. The Balaban J connectivity index is 1.86. The lowest BCUT2D eigenvalue weighted by molar-refractivity contribution is 0.104. The van der Waals surface area contributed by atoms with Gasteiger partial charge in [-0.05, 0) is 81.0 Å². The number of ketones is 1. The van der Waals surface area contributed by atoms with Gasteiger partial charge >= 0.3 is 0 Å². The summed E-state index contributed by atoms with van der Waals surface area (Å²) in [6.07, 6.45) is 5.31. The molecule has 0 aliphatic carbocycles. The first kappa shape index (κ1) is 20.6. The van der Waals surface area contributed by atoms with Gasteiger partial charge in [-0.3, -0.25) is 9.69 Å². The zero-order chi connectivity index (χ0) is 20.5. The van der Waals surface area contributed by atoms with Gasteiger partial charge in [-0.25, -0.2) is 0 Å². The van der Waals surface area contributed by atoms with Crippen LogP contribution in [0.25, 0.3) is 6.08 Å². The monoisotopic (exact) mass is 430 g/mol. The molecule has 0 spiro atoms. The van der Waals surface area contributed by atoms with Crippen LogP contribution in [0.5, 0.6) is 0 Å². The SMILES string of the molecule is CC1=CC(C)(C)NC(=S)N1c1cccc(C(=O)C=Cc2ccc(Cl)cc2Cl)c1. The van der Waals surface area contributed by atoms with Crippen LogP contribution in [0.1, 0.15) is 36.7 Å². The lowest BCUT2D eigenvalue weighted by atomic mass is 10.0. The van der Waals surface area contributed by atoms with E-state index in [0.717, 1.165) is 16.9 Å². The van der Waals surface area contributed by atoms with Crippen molar-refractivity contribution in [2.24, 2.45) is 0 Å². The summed E-state index contributed by atoms with van der Waals surface area (Å²) in [5, 5.41) is 4.96. The van der Waals surface area contributed by atoms with E-state index in [-0.39, 0.29) is 11.3 Å². The number of nitrogens with one attached hydrogen (secondary N) is 1. The highest BCUT2D eigenvalue weighted by molar-refractivity contribution is 7.80. The van der Waals surface area contributed by atoms with Crippen molar-refractivity contribution in [3.63, 3.8) is 0 Å². The fraction of sp³-hybridized carbons (Fsp3) is 0.182. The summed E-state index contributed by atoms with van der Waals surface area (Å²) in [5.41, 5.74) is 2.95. The van der Waals surface area contributed by atoms with Crippen LogP contribution < -0.4 is 10.2 Å². The number of benzene rings is 2. The fourth-order valence-corrected chi connectivity index (χ4v) is 4.12. The van der Waals surface area contributed by atoms with E-state index in [4.69, 9.17) is 35.4 Å². The smallest absolute Gasteiger partial charge is 0.185 e. The van der Waals surface area contributed by atoms with Gasteiger partial charge in [0.2, 0.25) is 0 Å². The van der Waals surface area contributed by atoms with Crippen LogP contribution in [0.4, 0.5) is 5.69 Å². The predicted molar refractivity (Wildman–Crippen MR) is 122 cm³/mol. The number of carbonyl (C=O) groups excluding carboxylic acids is 1. The van der Waals surface area contributed by atoms with Crippen molar-refractivity contribution in [1.29, 1.82) is 0 Å². The zero-order valence-corrected chi connectivity index (χ0v) is 18.1. The van der Waals surface area contributed by atoms with Crippen molar-refractivity contribution in [3.8, 4) is 0 Å². The van der Waals surface area contributed by atoms with Crippen molar-refractivity contribution >= 4 is 58.1 Å². The van der Waals surface area contributed by atoms with Gasteiger partial charge in [-0.1, -0.05) is 41.4 Å². The average Bonchev–Trinajstić information content (AvgIpc) is 2.59. The van der Waals surface area contributed by atoms with Gasteiger partial charge < -0.3 is 5.32 Å². The Bertz CT molecular complexity index is 1010. The molecule has 1 aliphatic heterocycles. The molecule has 1 heterocycles. The Morgan fingerprint density at radius 3 is 2.61 bits per heavy atom. The zero-order valence-electron chi connectivity index (χ0n) is 15.8. The normalized spacial score (nSPS) is 16.1. The molecule has 0 saturated heterocycles. The van der Waals surface area contributed by atoms with Crippen molar-refractivity contribution < 1.29 is 4.79 Å². The Labute approximate surface area is 180 Å². The summed E-state index contributed by atoms with van der Waals surface area (Å²) in [4.78, 5) is 14.6. The van der Waals surface area contributed by atoms with E-state index < -0.39 is 0 Å². The van der Waals surface area contributed by atoms with Crippen LogP contribution in [-0.4, -0.2) is 16.4 Å². The first-order valence-electron chi connectivity index (χ1n) is 8.75. The maximum atomic E-state index is 12.7. The largest absolute Gasteiger partial charge is 0.354 e. The molecular formula is C22H20Cl2N2OS. The van der Waals surface area contributed by atoms with E-state index in [0.29, 0.717) is 20.7 Å². The fourth-order valence-electron chi connectivity index (χ4n) is 3.13. The molecule has 3 rings (SSSR count). The summed E-state index contributed by atoms with van der Waals surface area (Å²) >= 11 is 17.6. The molecule has 0 radical (unpaired) electrons. The van der Waals surface area contributed by atoms with E-state index in [1.807, 2.05) is 30.0 Å². The minimum Gasteiger partial charge on any atom is -0.354 e. The summed E-state index contributed by atoms with van der Waals surface area (Å²) in [7, 11) is 0. The molecule has 0 bridgehead atoms. The number of thiocarbonyl (C=S) groups is 1. The molecule has 28 heavy (non-hydrogen) atoms. The number of carbonyl (C=O) groups is 1. The standard InChI is InChI=1S/C22H20Cl2N2OS/c1-14-13-22(2,3)25-21(28)26(14)18-6-4-5-16(11-18)20(27)10-8-15-7-9-17(23)12-19(15)24/h4-13H,1-3H3,(H,25,28). The molecule has 0 atom stereocenters. The summed E-state index contributed by atoms with van der Waals surface area (Å²) < 4.78 is 0. The molecule has 144 valence electrons. The molecular weight excluding hydrogens is 411 g/mol. The Hall–Kier alpha value is -2.14. The quantitative estimate of drug-likeness (QED) is 0.352. The van der Waals surface area contributed by atoms with Crippen LogP contribution in [0.15, 0.2) is 60.3 Å². The van der Waals surface area contributed by atoms with Gasteiger partial charge in [0.1, 0.15) is 0 Å². The topological polar surface area (TPSA) is 32.3 Å². The second kappa shape index (κ2) is 8.08. The number of hydrogen-bond donors (Lipinski definition) is 1. The molecule has 2 aromatic rings. The van der Waals surface area contributed by atoms with Gasteiger partial charge in [-0.2, -0.15) is 0 Å². The van der Waals surface area contributed by atoms with E-state index in [2.05, 4.69) is 25.2 Å². The Kier molecular flexibility index (Phi) is 5.94. The number of hydrogen-bond acceptors (Lipinski definition) is 2. The number of anilines is 1. The summed E-state index contributed by atoms with van der Waals surface area (Å²) in [5.74, 6) is -0.120. The molecule has 0 fully saturated rings. The van der Waals surface area contributed by atoms with Crippen LogP contribution in [0, 0.1) is 0 Å². The third kappa shape index (κ3) is 4.64. The molecule has 0 unspecified atom stereocenters. The van der Waals surface area contributed by atoms with E-state index in [1.54, 1.807) is 30.3 Å². The minimum atomic E-state index is -0.203. The van der Waals surface area contributed by atoms with E-state index in [9.17, 15) is 4.79 Å². The van der Waals surface area contributed by atoms with E-state index in [1.165, 1.54) is 6.08 Å². The second-order valence-electron chi connectivity index (χ2n) is 7.19. The highest BCUT2D eigenvalue weighted by Gasteiger charge is 2.27. The highest BCUT2D eigenvalue weighted by atomic mass is 35.5. The van der Waals surface area contributed by atoms with Crippen molar-refractivity contribution in [3.05, 3.63) is 81.5 Å². The molecule has 0 amide bonds. The molecule has 2 aromatic carbocycles. The Morgan fingerprint density at radius 2 is 1.93 bits per heavy atom. The van der Waals surface area contributed by atoms with Crippen molar-refractivity contribution in [2.75, 3.05) is 4.90 Å². The lowest BCUT2D eigenvalue weighted by Crippen LogP contribution is -2.53. The maximum Gasteiger partial charge on any atom is 0.185 e.